The fraction of sp³-hybridized carbons (Fsp3) is 0.667. The van der Waals surface area contributed by atoms with Crippen LogP contribution in [0.5, 0.6) is 0 Å². The van der Waals surface area contributed by atoms with Crippen LogP contribution in [0.4, 0.5) is 6.01 Å². The first-order valence-electron chi connectivity index (χ1n) is 5.93. The molecule has 0 bridgehead atoms. The van der Waals surface area contributed by atoms with Crippen LogP contribution in [0.2, 0.25) is 0 Å². The molecule has 0 radical (unpaired) electrons. The minimum atomic E-state index is -0.473. The van der Waals surface area contributed by atoms with Gasteiger partial charge in [0, 0.05) is 13.6 Å². The molecule has 1 aromatic heterocycles. The predicted molar refractivity (Wildman–Crippen MR) is 68.6 cm³/mol. The van der Waals surface area contributed by atoms with Crippen molar-refractivity contribution in [3.63, 3.8) is 0 Å². The first-order chi connectivity index (χ1) is 8.39. The van der Waals surface area contributed by atoms with Gasteiger partial charge in [0.15, 0.2) is 5.69 Å². The van der Waals surface area contributed by atoms with Crippen LogP contribution in [0.25, 0.3) is 0 Å². The Kier molecular flexibility index (Phi) is 4.72. The molecule has 0 fully saturated rings. The topological polar surface area (TPSA) is 81.6 Å². The number of anilines is 1. The van der Waals surface area contributed by atoms with Gasteiger partial charge in [-0.3, -0.25) is 0 Å². The fourth-order valence-electron chi connectivity index (χ4n) is 1.51. The van der Waals surface area contributed by atoms with E-state index >= 15 is 0 Å². The molecule has 0 spiro atoms. The quantitative estimate of drug-likeness (QED) is 0.771. The van der Waals surface area contributed by atoms with Crippen LogP contribution >= 0.6 is 0 Å². The molecule has 1 aromatic rings. The van der Waals surface area contributed by atoms with Crippen molar-refractivity contribution < 1.29 is 13.9 Å². The number of esters is 1. The summed E-state index contributed by atoms with van der Waals surface area (Å²) in [7, 11) is 1.85. The average Bonchev–Trinajstić information content (AvgIpc) is 2.78. The lowest BCUT2D eigenvalue weighted by molar-refractivity contribution is 0.0519. The molecule has 0 aliphatic carbocycles. The molecule has 6 nitrogen and oxygen atoms in total. The van der Waals surface area contributed by atoms with Gasteiger partial charge < -0.3 is 19.8 Å². The molecular weight excluding hydrogens is 234 g/mol. The molecule has 0 saturated heterocycles. The van der Waals surface area contributed by atoms with E-state index in [1.165, 1.54) is 6.26 Å². The van der Waals surface area contributed by atoms with Crippen molar-refractivity contribution in [1.82, 2.24) is 4.98 Å². The summed E-state index contributed by atoms with van der Waals surface area (Å²) in [6.07, 6.45) is 1.30. The Balaban J connectivity index is 2.70. The van der Waals surface area contributed by atoms with Gasteiger partial charge in [0.1, 0.15) is 6.26 Å². The van der Waals surface area contributed by atoms with Crippen molar-refractivity contribution in [2.45, 2.75) is 20.8 Å². The molecule has 0 atom stereocenters. The highest BCUT2D eigenvalue weighted by atomic mass is 16.5. The van der Waals surface area contributed by atoms with Gasteiger partial charge in [-0.2, -0.15) is 4.98 Å². The lowest BCUT2D eigenvalue weighted by Gasteiger charge is -2.27. The third-order valence-corrected chi connectivity index (χ3v) is 2.52. The second-order valence-corrected chi connectivity index (χ2v) is 4.96. The van der Waals surface area contributed by atoms with Gasteiger partial charge in [-0.1, -0.05) is 13.8 Å². The maximum Gasteiger partial charge on any atom is 0.360 e. The van der Waals surface area contributed by atoms with Gasteiger partial charge in [0.2, 0.25) is 0 Å². The molecule has 0 amide bonds. The molecule has 2 N–H and O–H groups in total. The monoisotopic (exact) mass is 255 g/mol. The second-order valence-electron chi connectivity index (χ2n) is 4.96. The number of oxazole rings is 1. The van der Waals surface area contributed by atoms with Crippen molar-refractivity contribution in [3.8, 4) is 0 Å². The largest absolute Gasteiger partial charge is 0.461 e. The number of rotatable bonds is 6. The first kappa shape index (κ1) is 14.5. The number of hydrogen-bond acceptors (Lipinski definition) is 6. The number of nitrogens with two attached hydrogens (primary N) is 1. The molecule has 102 valence electrons. The SMILES string of the molecule is CCOC(=O)c1coc(N(C)CC(C)(C)CN)n1. The van der Waals surface area contributed by atoms with Gasteiger partial charge in [0.05, 0.1) is 6.61 Å². The Morgan fingerprint density at radius 2 is 2.28 bits per heavy atom. The number of carbonyl (C=O) groups is 1. The van der Waals surface area contributed by atoms with Gasteiger partial charge in [-0.05, 0) is 18.9 Å². The van der Waals surface area contributed by atoms with Gasteiger partial charge in [0.25, 0.3) is 6.01 Å². The van der Waals surface area contributed by atoms with E-state index in [4.69, 9.17) is 14.9 Å². The van der Waals surface area contributed by atoms with E-state index in [1.54, 1.807) is 6.92 Å². The smallest absolute Gasteiger partial charge is 0.360 e. The lowest BCUT2D eigenvalue weighted by Crippen LogP contribution is -2.36. The second kappa shape index (κ2) is 5.86. The Morgan fingerprint density at radius 1 is 1.61 bits per heavy atom. The average molecular weight is 255 g/mol. The summed E-state index contributed by atoms with van der Waals surface area (Å²) in [5.74, 6) is -0.473. The highest BCUT2D eigenvalue weighted by Gasteiger charge is 2.22. The summed E-state index contributed by atoms with van der Waals surface area (Å²) < 4.78 is 10.1. The number of nitrogens with zero attached hydrogens (tertiary/aromatic N) is 2. The van der Waals surface area contributed by atoms with E-state index in [9.17, 15) is 4.79 Å². The summed E-state index contributed by atoms with van der Waals surface area (Å²) in [6, 6.07) is 0.388. The number of carbonyl (C=O) groups excluding carboxylic acids is 1. The van der Waals surface area contributed by atoms with Gasteiger partial charge in [-0.25, -0.2) is 4.79 Å². The van der Waals surface area contributed by atoms with Crippen LogP contribution in [0.3, 0.4) is 0 Å². The number of hydrogen-bond donors (Lipinski definition) is 1. The van der Waals surface area contributed by atoms with E-state index in [1.807, 2.05) is 11.9 Å². The van der Waals surface area contributed by atoms with Crippen LogP contribution in [0.1, 0.15) is 31.3 Å². The van der Waals surface area contributed by atoms with Gasteiger partial charge in [-0.15, -0.1) is 0 Å². The molecule has 18 heavy (non-hydrogen) atoms. The molecule has 1 heterocycles. The zero-order valence-electron chi connectivity index (χ0n) is 11.4. The fourth-order valence-corrected chi connectivity index (χ4v) is 1.51. The first-order valence-corrected chi connectivity index (χ1v) is 5.93. The summed E-state index contributed by atoms with van der Waals surface area (Å²) in [5, 5.41) is 0. The summed E-state index contributed by atoms with van der Waals surface area (Å²) in [6.45, 7) is 7.41. The molecule has 0 saturated carbocycles. The van der Waals surface area contributed by atoms with E-state index in [2.05, 4.69) is 18.8 Å². The van der Waals surface area contributed by atoms with Crippen molar-refractivity contribution >= 4 is 12.0 Å². The summed E-state index contributed by atoms with van der Waals surface area (Å²) in [4.78, 5) is 17.4. The summed E-state index contributed by atoms with van der Waals surface area (Å²) >= 11 is 0. The number of aromatic nitrogens is 1. The Bertz CT molecular complexity index is 401. The van der Waals surface area contributed by atoms with Crippen LogP contribution in [0.15, 0.2) is 10.7 Å². The number of ether oxygens (including phenoxy) is 1. The van der Waals surface area contributed by atoms with Crippen molar-refractivity contribution in [3.05, 3.63) is 12.0 Å². The molecule has 0 aliphatic rings. The van der Waals surface area contributed by atoms with Gasteiger partial charge >= 0.3 is 5.97 Å². The van der Waals surface area contributed by atoms with Crippen molar-refractivity contribution in [2.24, 2.45) is 11.1 Å². The zero-order chi connectivity index (χ0) is 13.8. The Morgan fingerprint density at radius 3 is 2.83 bits per heavy atom. The van der Waals surface area contributed by atoms with Crippen molar-refractivity contribution in [2.75, 3.05) is 31.6 Å². The molecule has 0 unspecified atom stereocenters. The van der Waals surface area contributed by atoms with E-state index in [0.717, 1.165) is 0 Å². The lowest BCUT2D eigenvalue weighted by atomic mass is 9.93. The van der Waals surface area contributed by atoms with Crippen LogP contribution in [0, 0.1) is 5.41 Å². The minimum absolute atomic E-state index is 0.0483. The Hall–Kier alpha value is -1.56. The van der Waals surface area contributed by atoms with Crippen LogP contribution in [-0.2, 0) is 4.74 Å². The molecular formula is C12H21N3O3. The normalized spacial score (nSPS) is 11.4. The zero-order valence-corrected chi connectivity index (χ0v) is 11.4. The maximum absolute atomic E-state index is 11.4. The highest BCUT2D eigenvalue weighted by Crippen LogP contribution is 2.19. The maximum atomic E-state index is 11.4. The molecule has 0 aromatic carbocycles. The summed E-state index contributed by atoms with van der Waals surface area (Å²) in [5.41, 5.74) is 5.81. The highest BCUT2D eigenvalue weighted by molar-refractivity contribution is 5.87. The third kappa shape index (κ3) is 3.73. The molecule has 6 heteroatoms. The Labute approximate surface area is 107 Å². The minimum Gasteiger partial charge on any atom is -0.461 e. The van der Waals surface area contributed by atoms with E-state index in [-0.39, 0.29) is 11.1 Å². The molecule has 0 aliphatic heterocycles. The van der Waals surface area contributed by atoms with E-state index in [0.29, 0.717) is 25.7 Å². The molecule has 1 rings (SSSR count). The van der Waals surface area contributed by atoms with Crippen LogP contribution in [-0.4, -0.2) is 37.7 Å². The third-order valence-electron chi connectivity index (χ3n) is 2.52. The van der Waals surface area contributed by atoms with Crippen LogP contribution < -0.4 is 10.6 Å². The predicted octanol–water partition coefficient (Wildman–Crippen LogP) is 1.27. The van der Waals surface area contributed by atoms with Crippen molar-refractivity contribution in [1.29, 1.82) is 0 Å². The standard InChI is InChI=1S/C12H21N3O3/c1-5-17-10(16)9-6-18-11(14-9)15(4)8-12(2,3)7-13/h6H,5,7-8,13H2,1-4H3. The van der Waals surface area contributed by atoms with E-state index < -0.39 is 5.97 Å².